The number of pyridine rings is 1. The second kappa shape index (κ2) is 8.85. The number of aromatic nitrogens is 4. The third kappa shape index (κ3) is 4.44. The zero-order chi connectivity index (χ0) is 25.7. The molecule has 6 rings (SSSR count). The summed E-state index contributed by atoms with van der Waals surface area (Å²) < 4.78 is 17.2. The van der Waals surface area contributed by atoms with E-state index >= 15 is 0 Å². The molecule has 1 fully saturated rings. The quantitative estimate of drug-likeness (QED) is 0.351. The van der Waals surface area contributed by atoms with Crippen molar-refractivity contribution in [1.29, 1.82) is 0 Å². The summed E-state index contributed by atoms with van der Waals surface area (Å²) >= 11 is 0. The molecular weight excluding hydrogens is 471 g/mol. The molecule has 0 unspecified atom stereocenters. The Morgan fingerprint density at radius 2 is 1.89 bits per heavy atom. The number of anilines is 1. The van der Waals surface area contributed by atoms with Gasteiger partial charge in [-0.15, -0.1) is 5.10 Å². The Labute approximate surface area is 212 Å². The molecule has 3 aromatic heterocycles. The van der Waals surface area contributed by atoms with Crippen LogP contribution < -0.4 is 10.6 Å². The average molecular weight is 497 g/mol. The fraction of sp³-hybridized carbons (Fsp3) is 0.214. The fourth-order valence-electron chi connectivity index (χ4n) is 4.56. The van der Waals surface area contributed by atoms with Gasteiger partial charge in [0.25, 0.3) is 5.91 Å². The van der Waals surface area contributed by atoms with Gasteiger partial charge in [-0.1, -0.05) is 18.2 Å². The van der Waals surface area contributed by atoms with Crippen LogP contribution in [-0.2, 0) is 11.8 Å². The van der Waals surface area contributed by atoms with E-state index in [0.717, 1.165) is 34.9 Å². The molecule has 0 bridgehead atoms. The van der Waals surface area contributed by atoms with Crippen molar-refractivity contribution in [3.8, 4) is 11.1 Å². The number of rotatable bonds is 6. The lowest BCUT2D eigenvalue weighted by molar-refractivity contribution is -0.117. The van der Waals surface area contributed by atoms with Crippen LogP contribution in [0.15, 0.2) is 67.0 Å². The number of amides is 2. The van der Waals surface area contributed by atoms with Crippen molar-refractivity contribution in [2.75, 3.05) is 5.32 Å². The minimum atomic E-state index is -0.355. The Bertz CT molecular complexity index is 1680. The van der Waals surface area contributed by atoms with E-state index in [2.05, 4.69) is 20.7 Å². The molecule has 8 nitrogen and oxygen atoms in total. The van der Waals surface area contributed by atoms with E-state index in [1.165, 1.54) is 12.1 Å². The van der Waals surface area contributed by atoms with Crippen molar-refractivity contribution in [1.82, 2.24) is 24.5 Å². The molecule has 0 saturated heterocycles. The highest BCUT2D eigenvalue weighted by atomic mass is 19.1. The summed E-state index contributed by atoms with van der Waals surface area (Å²) in [4.78, 5) is 29.8. The van der Waals surface area contributed by atoms with Crippen LogP contribution in [0.4, 0.5) is 10.3 Å². The van der Waals surface area contributed by atoms with Gasteiger partial charge in [0.1, 0.15) is 5.82 Å². The molecule has 2 amide bonds. The van der Waals surface area contributed by atoms with Crippen LogP contribution >= 0.6 is 0 Å². The van der Waals surface area contributed by atoms with Gasteiger partial charge in [0.15, 0.2) is 5.65 Å². The van der Waals surface area contributed by atoms with Gasteiger partial charge in [0.2, 0.25) is 11.9 Å². The molecule has 0 spiro atoms. The normalized spacial score (nSPS) is 14.1. The molecule has 3 heterocycles. The lowest BCUT2D eigenvalue weighted by atomic mass is 10.0. The highest BCUT2D eigenvalue weighted by molar-refractivity contribution is 6.08. The number of halogens is 1. The van der Waals surface area contributed by atoms with Crippen LogP contribution in [0.3, 0.4) is 0 Å². The molecule has 2 N–H and O–H groups in total. The van der Waals surface area contributed by atoms with E-state index in [4.69, 9.17) is 0 Å². The van der Waals surface area contributed by atoms with E-state index < -0.39 is 0 Å². The predicted molar refractivity (Wildman–Crippen MR) is 139 cm³/mol. The van der Waals surface area contributed by atoms with Gasteiger partial charge in [0.05, 0.1) is 11.6 Å². The number of benzene rings is 2. The monoisotopic (exact) mass is 496 g/mol. The number of carbonyl (C=O) groups excluding carboxylic acids is 2. The molecule has 37 heavy (non-hydrogen) atoms. The molecule has 0 radical (unpaired) electrons. The third-order valence-electron chi connectivity index (χ3n) is 6.78. The van der Waals surface area contributed by atoms with Crippen molar-refractivity contribution < 1.29 is 14.0 Å². The van der Waals surface area contributed by atoms with Gasteiger partial charge in [0, 0.05) is 36.3 Å². The van der Waals surface area contributed by atoms with E-state index in [9.17, 15) is 14.0 Å². The van der Waals surface area contributed by atoms with Crippen LogP contribution in [-0.4, -0.2) is 31.0 Å². The Morgan fingerprint density at radius 1 is 1.08 bits per heavy atom. The van der Waals surface area contributed by atoms with Crippen LogP contribution in [0.2, 0.25) is 0 Å². The molecule has 1 saturated carbocycles. The van der Waals surface area contributed by atoms with E-state index in [0.29, 0.717) is 22.7 Å². The lowest BCUT2D eigenvalue weighted by Crippen LogP contribution is -2.26. The second-order valence-electron chi connectivity index (χ2n) is 9.55. The standard InChI is InChI=1S/C28H25FN6O2/c1-16(18-4-3-5-21(29)12-18)30-27(37)23-15-34(2)24-9-8-19(13-22(23)24)20-10-11-35-25(14-20)31-28(33-35)32-26(36)17-6-7-17/h3-5,8-17H,6-7H2,1-2H3,(H,30,37)(H,32,33,36)/t16-/m1/s1. The third-order valence-corrected chi connectivity index (χ3v) is 6.78. The van der Waals surface area contributed by atoms with Gasteiger partial charge >= 0.3 is 0 Å². The second-order valence-corrected chi connectivity index (χ2v) is 9.55. The Hall–Kier alpha value is -4.53. The summed E-state index contributed by atoms with van der Waals surface area (Å²) in [5.41, 5.74) is 4.59. The largest absolute Gasteiger partial charge is 0.350 e. The Balaban J connectivity index is 1.29. The summed E-state index contributed by atoms with van der Waals surface area (Å²) in [6.07, 6.45) is 5.43. The van der Waals surface area contributed by atoms with Gasteiger partial charge in [-0.3, -0.25) is 14.9 Å². The highest BCUT2D eigenvalue weighted by Crippen LogP contribution is 2.31. The number of nitrogens with one attached hydrogen (secondary N) is 2. The summed E-state index contributed by atoms with van der Waals surface area (Å²) in [6.45, 7) is 1.83. The van der Waals surface area contributed by atoms with Gasteiger partial charge < -0.3 is 9.88 Å². The van der Waals surface area contributed by atoms with Crippen molar-refractivity contribution in [2.45, 2.75) is 25.8 Å². The molecule has 5 aromatic rings. The fourth-order valence-corrected chi connectivity index (χ4v) is 4.56. The van der Waals surface area contributed by atoms with Crippen molar-refractivity contribution >= 4 is 34.3 Å². The minimum absolute atomic E-state index is 0.0387. The maximum atomic E-state index is 13.6. The summed E-state index contributed by atoms with van der Waals surface area (Å²) in [5.74, 6) is -0.246. The van der Waals surface area contributed by atoms with E-state index in [-0.39, 0.29) is 29.6 Å². The van der Waals surface area contributed by atoms with Crippen LogP contribution in [0.25, 0.3) is 27.7 Å². The molecule has 1 atom stereocenters. The van der Waals surface area contributed by atoms with Crippen LogP contribution in [0.5, 0.6) is 0 Å². The zero-order valence-electron chi connectivity index (χ0n) is 20.4. The summed E-state index contributed by atoms with van der Waals surface area (Å²) in [5, 5.41) is 10.9. The predicted octanol–water partition coefficient (Wildman–Crippen LogP) is 4.87. The maximum Gasteiger partial charge on any atom is 0.253 e. The number of hydrogen-bond donors (Lipinski definition) is 2. The average Bonchev–Trinajstić information content (AvgIpc) is 3.59. The SMILES string of the molecule is C[C@@H](NC(=O)c1cn(C)c2ccc(-c3ccn4nc(NC(=O)C5CC5)nc4c3)cc12)c1cccc(F)c1. The number of nitrogens with zero attached hydrogens (tertiary/aromatic N) is 4. The molecule has 186 valence electrons. The topological polar surface area (TPSA) is 93.3 Å². The minimum Gasteiger partial charge on any atom is -0.350 e. The highest BCUT2D eigenvalue weighted by Gasteiger charge is 2.30. The Kier molecular flexibility index (Phi) is 5.48. The first-order valence-electron chi connectivity index (χ1n) is 12.2. The number of carbonyl (C=O) groups is 2. The Morgan fingerprint density at radius 3 is 2.68 bits per heavy atom. The van der Waals surface area contributed by atoms with Crippen molar-refractivity contribution in [2.24, 2.45) is 13.0 Å². The number of hydrogen-bond acceptors (Lipinski definition) is 4. The van der Waals surface area contributed by atoms with Gasteiger partial charge in [-0.25, -0.2) is 8.91 Å². The number of aryl methyl sites for hydroxylation is 1. The first kappa shape index (κ1) is 22.9. The summed E-state index contributed by atoms with van der Waals surface area (Å²) in [6, 6.07) is 15.7. The molecule has 1 aliphatic carbocycles. The van der Waals surface area contributed by atoms with Gasteiger partial charge in [-0.05, 0) is 72.9 Å². The molecule has 9 heteroatoms. The molecule has 0 aliphatic heterocycles. The van der Waals surface area contributed by atoms with Crippen molar-refractivity contribution in [3.63, 3.8) is 0 Å². The summed E-state index contributed by atoms with van der Waals surface area (Å²) in [7, 11) is 1.90. The van der Waals surface area contributed by atoms with Gasteiger partial charge in [-0.2, -0.15) is 4.98 Å². The molecule has 1 aliphatic rings. The number of fused-ring (bicyclic) bond motifs is 2. The lowest BCUT2D eigenvalue weighted by Gasteiger charge is -2.14. The van der Waals surface area contributed by atoms with Crippen LogP contribution in [0, 0.1) is 11.7 Å². The maximum absolute atomic E-state index is 13.6. The smallest absolute Gasteiger partial charge is 0.253 e. The zero-order valence-corrected chi connectivity index (χ0v) is 20.4. The van der Waals surface area contributed by atoms with Crippen LogP contribution in [0.1, 0.15) is 41.7 Å². The van der Waals surface area contributed by atoms with Crippen molar-refractivity contribution in [3.05, 3.63) is 83.9 Å². The first-order valence-corrected chi connectivity index (χ1v) is 12.2. The first-order chi connectivity index (χ1) is 17.9. The molecular formula is C28H25FN6O2. The van der Waals surface area contributed by atoms with E-state index in [1.807, 2.05) is 48.9 Å². The van der Waals surface area contributed by atoms with E-state index in [1.54, 1.807) is 29.0 Å². The molecule has 2 aromatic carbocycles.